The largest absolute Gasteiger partial charge is 0.451 e. The van der Waals surface area contributed by atoms with Crippen LogP contribution in [-0.2, 0) is 14.3 Å². The summed E-state index contributed by atoms with van der Waals surface area (Å²) in [6.07, 6.45) is -1.06. The highest BCUT2D eigenvalue weighted by Gasteiger charge is 2.29. The van der Waals surface area contributed by atoms with Gasteiger partial charge in [-0.2, -0.15) is 0 Å². The highest BCUT2D eigenvalue weighted by molar-refractivity contribution is 5.97. The van der Waals surface area contributed by atoms with Crippen molar-refractivity contribution in [3.05, 3.63) is 71.5 Å². The molecule has 0 fully saturated rings. The van der Waals surface area contributed by atoms with Gasteiger partial charge in [0.2, 0.25) is 0 Å². The van der Waals surface area contributed by atoms with E-state index in [0.717, 1.165) is 5.56 Å². The van der Waals surface area contributed by atoms with Crippen LogP contribution >= 0.6 is 0 Å². The molecule has 2 amide bonds. The second-order valence-electron chi connectivity index (χ2n) is 7.42. The summed E-state index contributed by atoms with van der Waals surface area (Å²) in [5.41, 5.74) is 1.15. The molecule has 3 atom stereocenters. The number of nitrogens with one attached hydrogen (secondary N) is 2. The molecule has 0 aliphatic carbocycles. The fraction of sp³-hybridized carbons (Fsp3) is 0.348. The Morgan fingerprint density at radius 3 is 2.03 bits per heavy atom. The summed E-state index contributed by atoms with van der Waals surface area (Å²) >= 11 is 0. The highest BCUT2D eigenvalue weighted by Crippen LogP contribution is 2.14. The van der Waals surface area contributed by atoms with Crippen LogP contribution in [0.25, 0.3) is 0 Å². The Morgan fingerprint density at radius 2 is 1.47 bits per heavy atom. The van der Waals surface area contributed by atoms with Gasteiger partial charge in [-0.15, -0.1) is 0 Å². The van der Waals surface area contributed by atoms with Crippen molar-refractivity contribution in [2.24, 2.45) is 5.92 Å². The van der Waals surface area contributed by atoms with Crippen molar-refractivity contribution in [1.29, 1.82) is 0 Å². The minimum atomic E-state index is -1.06. The lowest BCUT2D eigenvalue weighted by molar-refractivity contribution is -0.157. The van der Waals surface area contributed by atoms with Crippen LogP contribution in [0.2, 0.25) is 0 Å². The van der Waals surface area contributed by atoms with Gasteiger partial charge < -0.3 is 15.4 Å². The number of hydrogen-bond acceptors (Lipinski definition) is 4. The zero-order valence-electron chi connectivity index (χ0n) is 17.5. The Kier molecular flexibility index (Phi) is 8.09. The molecular formula is C23H27FN2O4. The molecule has 3 unspecified atom stereocenters. The van der Waals surface area contributed by atoms with E-state index in [1.807, 2.05) is 0 Å². The Balaban J connectivity index is 1.96. The van der Waals surface area contributed by atoms with Gasteiger partial charge in [0, 0.05) is 5.56 Å². The van der Waals surface area contributed by atoms with Crippen LogP contribution in [0.3, 0.4) is 0 Å². The van der Waals surface area contributed by atoms with Gasteiger partial charge in [-0.05, 0) is 49.6 Å². The summed E-state index contributed by atoms with van der Waals surface area (Å²) in [6, 6.07) is 13.0. The molecule has 2 aromatic carbocycles. The Bertz CT molecular complexity index is 869. The van der Waals surface area contributed by atoms with Crippen LogP contribution in [0.15, 0.2) is 54.6 Å². The van der Waals surface area contributed by atoms with Gasteiger partial charge in [-0.1, -0.05) is 44.2 Å². The molecular weight excluding hydrogens is 387 g/mol. The Labute approximate surface area is 175 Å². The second kappa shape index (κ2) is 10.5. The molecule has 160 valence electrons. The number of halogens is 1. The lowest BCUT2D eigenvalue weighted by Crippen LogP contribution is -2.47. The van der Waals surface area contributed by atoms with Gasteiger partial charge >= 0.3 is 5.97 Å². The molecule has 0 saturated carbocycles. The number of carbonyl (C=O) groups is 3. The normalized spacial score (nSPS) is 13.8. The smallest absolute Gasteiger partial charge is 0.329 e. The number of ether oxygens (including phenoxy) is 1. The van der Waals surface area contributed by atoms with Crippen LogP contribution in [0.1, 0.15) is 49.7 Å². The lowest BCUT2D eigenvalue weighted by Gasteiger charge is -2.24. The van der Waals surface area contributed by atoms with Gasteiger partial charge in [-0.3, -0.25) is 9.59 Å². The highest BCUT2D eigenvalue weighted by atomic mass is 19.1. The zero-order valence-corrected chi connectivity index (χ0v) is 17.5. The van der Waals surface area contributed by atoms with E-state index in [2.05, 4.69) is 10.6 Å². The van der Waals surface area contributed by atoms with Crippen molar-refractivity contribution in [3.63, 3.8) is 0 Å². The van der Waals surface area contributed by atoms with E-state index in [-0.39, 0.29) is 11.7 Å². The fourth-order valence-electron chi connectivity index (χ4n) is 2.78. The molecule has 0 radical (unpaired) electrons. The monoisotopic (exact) mass is 414 g/mol. The molecule has 0 heterocycles. The maximum absolute atomic E-state index is 13.0. The Morgan fingerprint density at radius 1 is 0.867 bits per heavy atom. The summed E-state index contributed by atoms with van der Waals surface area (Å²) < 4.78 is 18.4. The molecule has 0 spiro atoms. The first kappa shape index (κ1) is 23.1. The second-order valence-corrected chi connectivity index (χ2v) is 7.42. The molecule has 0 aliphatic heterocycles. The van der Waals surface area contributed by atoms with Crippen molar-refractivity contribution < 1.29 is 23.5 Å². The third-order valence-corrected chi connectivity index (χ3v) is 4.63. The third-order valence-electron chi connectivity index (χ3n) is 4.63. The maximum atomic E-state index is 13.0. The summed E-state index contributed by atoms with van der Waals surface area (Å²) in [5.74, 6) is -2.17. The molecule has 0 aromatic heterocycles. The average molecular weight is 414 g/mol. The first-order valence-corrected chi connectivity index (χ1v) is 9.81. The molecule has 2 N–H and O–H groups in total. The number of benzene rings is 2. The van der Waals surface area contributed by atoms with Crippen molar-refractivity contribution in [1.82, 2.24) is 10.6 Å². The van der Waals surface area contributed by atoms with Gasteiger partial charge in [0.15, 0.2) is 6.10 Å². The Hall–Kier alpha value is -3.22. The van der Waals surface area contributed by atoms with E-state index in [0.29, 0.717) is 5.56 Å². The first-order valence-electron chi connectivity index (χ1n) is 9.81. The topological polar surface area (TPSA) is 84.5 Å². The number of carbonyl (C=O) groups excluding carboxylic acids is 3. The van der Waals surface area contributed by atoms with Crippen LogP contribution < -0.4 is 10.6 Å². The minimum absolute atomic E-state index is 0.237. The van der Waals surface area contributed by atoms with Gasteiger partial charge in [0.1, 0.15) is 11.9 Å². The average Bonchev–Trinajstić information content (AvgIpc) is 2.72. The van der Waals surface area contributed by atoms with Crippen molar-refractivity contribution in [3.8, 4) is 0 Å². The molecule has 0 saturated heterocycles. The van der Waals surface area contributed by atoms with E-state index in [9.17, 15) is 18.8 Å². The molecule has 2 aromatic rings. The zero-order chi connectivity index (χ0) is 22.3. The number of rotatable bonds is 8. The molecule has 0 aliphatic rings. The van der Waals surface area contributed by atoms with Crippen LogP contribution in [0.5, 0.6) is 0 Å². The summed E-state index contributed by atoms with van der Waals surface area (Å²) in [6.45, 7) is 6.76. The number of esters is 1. The van der Waals surface area contributed by atoms with Crippen molar-refractivity contribution >= 4 is 17.8 Å². The maximum Gasteiger partial charge on any atom is 0.329 e. The predicted octanol–water partition coefficient (Wildman–Crippen LogP) is 3.39. The lowest BCUT2D eigenvalue weighted by atomic mass is 10.0. The van der Waals surface area contributed by atoms with E-state index < -0.39 is 36.0 Å². The SMILES string of the molecule is CC(OC(=O)C(NC(=O)c1ccccc1)C(C)C)C(=O)NC(C)c1ccc(F)cc1. The van der Waals surface area contributed by atoms with E-state index in [1.165, 1.54) is 19.1 Å². The van der Waals surface area contributed by atoms with Crippen molar-refractivity contribution in [2.75, 3.05) is 0 Å². The minimum Gasteiger partial charge on any atom is -0.451 e. The standard InChI is InChI=1S/C23H27FN2O4/c1-14(2)20(26-22(28)18-8-6-5-7-9-18)23(29)30-16(4)21(27)25-15(3)17-10-12-19(24)13-11-17/h5-16,20H,1-4H3,(H,25,27)(H,26,28). The molecule has 2 rings (SSSR count). The summed E-state index contributed by atoms with van der Waals surface area (Å²) in [4.78, 5) is 37.4. The van der Waals surface area contributed by atoms with Crippen LogP contribution in [0, 0.1) is 11.7 Å². The van der Waals surface area contributed by atoms with Crippen LogP contribution in [-0.4, -0.2) is 29.9 Å². The number of amides is 2. The predicted molar refractivity (Wildman–Crippen MR) is 111 cm³/mol. The van der Waals surface area contributed by atoms with Crippen molar-refractivity contribution in [2.45, 2.75) is 45.9 Å². The van der Waals surface area contributed by atoms with Gasteiger partial charge in [-0.25, -0.2) is 9.18 Å². The fourth-order valence-corrected chi connectivity index (χ4v) is 2.78. The molecule has 6 nitrogen and oxygen atoms in total. The number of hydrogen-bond donors (Lipinski definition) is 2. The summed E-state index contributed by atoms with van der Waals surface area (Å²) in [7, 11) is 0. The van der Waals surface area contributed by atoms with Gasteiger partial charge in [0.05, 0.1) is 6.04 Å². The van der Waals surface area contributed by atoms with E-state index in [1.54, 1.807) is 63.2 Å². The summed E-state index contributed by atoms with van der Waals surface area (Å²) in [5, 5.41) is 5.40. The molecule has 30 heavy (non-hydrogen) atoms. The van der Waals surface area contributed by atoms with Gasteiger partial charge in [0.25, 0.3) is 11.8 Å². The first-order chi connectivity index (χ1) is 14.2. The van der Waals surface area contributed by atoms with E-state index >= 15 is 0 Å². The third kappa shape index (κ3) is 6.40. The van der Waals surface area contributed by atoms with E-state index in [4.69, 9.17) is 4.74 Å². The quantitative estimate of drug-likeness (QED) is 0.649. The van der Waals surface area contributed by atoms with Crippen LogP contribution in [0.4, 0.5) is 4.39 Å². The molecule has 0 bridgehead atoms. The molecule has 7 heteroatoms.